The molecule has 144 valence electrons. The van der Waals surface area contributed by atoms with Crippen LogP contribution in [0.4, 0.5) is 5.69 Å². The third-order valence-electron chi connectivity index (χ3n) is 5.70. The molecule has 4 rings (SSSR count). The van der Waals surface area contributed by atoms with E-state index in [1.165, 1.54) is 37.7 Å². The van der Waals surface area contributed by atoms with Crippen molar-refractivity contribution < 1.29 is 4.79 Å². The molecular weight excluding hydrogens is 346 g/mol. The lowest BCUT2D eigenvalue weighted by atomic mass is 9.84. The normalized spacial score (nSPS) is 14.8. The van der Waals surface area contributed by atoms with Crippen molar-refractivity contribution in [3.05, 3.63) is 71.2 Å². The molecular formula is C24H27N3O. The SMILES string of the molecule is Cc1cc(C(=O)Nc2ccc(-c3ccc(C4CCCCC4)cc3)nc2)c(C)[nH]1. The van der Waals surface area contributed by atoms with Gasteiger partial charge in [-0.3, -0.25) is 9.78 Å². The summed E-state index contributed by atoms with van der Waals surface area (Å²) in [6.45, 7) is 3.85. The second-order valence-electron chi connectivity index (χ2n) is 7.83. The Bertz CT molecular complexity index is 949. The van der Waals surface area contributed by atoms with Crippen LogP contribution in [0.15, 0.2) is 48.7 Å². The summed E-state index contributed by atoms with van der Waals surface area (Å²) in [4.78, 5) is 20.1. The molecule has 0 saturated heterocycles. The summed E-state index contributed by atoms with van der Waals surface area (Å²) in [5.74, 6) is 0.599. The number of aromatic nitrogens is 2. The molecule has 1 aromatic carbocycles. The Hall–Kier alpha value is -2.88. The highest BCUT2D eigenvalue weighted by molar-refractivity contribution is 6.05. The molecule has 0 bridgehead atoms. The molecule has 2 N–H and O–H groups in total. The zero-order chi connectivity index (χ0) is 19.5. The van der Waals surface area contributed by atoms with Gasteiger partial charge in [0.05, 0.1) is 23.1 Å². The Morgan fingerprint density at radius 3 is 2.39 bits per heavy atom. The highest BCUT2D eigenvalue weighted by atomic mass is 16.1. The maximum atomic E-state index is 12.4. The van der Waals surface area contributed by atoms with Crippen LogP contribution in [-0.2, 0) is 0 Å². The van der Waals surface area contributed by atoms with E-state index in [4.69, 9.17) is 0 Å². The van der Waals surface area contributed by atoms with Crippen molar-refractivity contribution in [2.45, 2.75) is 51.9 Å². The Morgan fingerprint density at radius 2 is 1.79 bits per heavy atom. The van der Waals surface area contributed by atoms with Gasteiger partial charge < -0.3 is 10.3 Å². The van der Waals surface area contributed by atoms with Crippen molar-refractivity contribution in [1.82, 2.24) is 9.97 Å². The predicted molar refractivity (Wildman–Crippen MR) is 114 cm³/mol. The van der Waals surface area contributed by atoms with Crippen LogP contribution in [-0.4, -0.2) is 15.9 Å². The van der Waals surface area contributed by atoms with Crippen LogP contribution in [0.2, 0.25) is 0 Å². The summed E-state index contributed by atoms with van der Waals surface area (Å²) in [5, 5.41) is 2.92. The van der Waals surface area contributed by atoms with Gasteiger partial charge in [-0.1, -0.05) is 43.5 Å². The fourth-order valence-corrected chi connectivity index (χ4v) is 4.16. The maximum absolute atomic E-state index is 12.4. The van der Waals surface area contributed by atoms with Gasteiger partial charge in [0, 0.05) is 17.0 Å². The van der Waals surface area contributed by atoms with E-state index in [-0.39, 0.29) is 5.91 Å². The number of hydrogen-bond acceptors (Lipinski definition) is 2. The van der Waals surface area contributed by atoms with Crippen molar-refractivity contribution in [3.63, 3.8) is 0 Å². The van der Waals surface area contributed by atoms with Gasteiger partial charge in [-0.15, -0.1) is 0 Å². The highest BCUT2D eigenvalue weighted by Crippen LogP contribution is 2.33. The Labute approximate surface area is 166 Å². The van der Waals surface area contributed by atoms with Crippen LogP contribution in [0.5, 0.6) is 0 Å². The maximum Gasteiger partial charge on any atom is 0.257 e. The summed E-state index contributed by atoms with van der Waals surface area (Å²) in [5.41, 5.74) is 6.69. The number of pyridine rings is 1. The van der Waals surface area contributed by atoms with E-state index in [1.54, 1.807) is 6.20 Å². The molecule has 1 aliphatic carbocycles. The molecule has 4 nitrogen and oxygen atoms in total. The zero-order valence-corrected chi connectivity index (χ0v) is 16.6. The minimum Gasteiger partial charge on any atom is -0.362 e. The Balaban J connectivity index is 1.44. The fourth-order valence-electron chi connectivity index (χ4n) is 4.16. The van der Waals surface area contributed by atoms with Gasteiger partial charge in [-0.25, -0.2) is 0 Å². The standard InChI is InChI=1S/C24H27N3O/c1-16-14-22(17(2)26-16)24(28)27-21-12-13-23(25-15-21)20-10-8-19(9-11-20)18-6-4-3-5-7-18/h8-15,18,26H,3-7H2,1-2H3,(H,27,28). The molecule has 1 aliphatic rings. The second-order valence-corrected chi connectivity index (χ2v) is 7.83. The number of nitrogens with zero attached hydrogens (tertiary/aromatic N) is 1. The molecule has 4 heteroatoms. The minimum absolute atomic E-state index is 0.117. The van der Waals surface area contributed by atoms with Gasteiger partial charge in [-0.05, 0) is 56.4 Å². The number of amides is 1. The molecule has 2 aromatic heterocycles. The van der Waals surface area contributed by atoms with Gasteiger partial charge >= 0.3 is 0 Å². The van der Waals surface area contributed by atoms with E-state index < -0.39 is 0 Å². The first kappa shape index (κ1) is 18.5. The van der Waals surface area contributed by atoms with E-state index in [0.717, 1.165) is 22.6 Å². The van der Waals surface area contributed by atoms with Crippen molar-refractivity contribution in [2.75, 3.05) is 5.32 Å². The van der Waals surface area contributed by atoms with Gasteiger partial charge in [0.1, 0.15) is 0 Å². The summed E-state index contributed by atoms with van der Waals surface area (Å²) < 4.78 is 0. The number of nitrogens with one attached hydrogen (secondary N) is 2. The molecule has 0 radical (unpaired) electrons. The summed E-state index contributed by atoms with van der Waals surface area (Å²) in [6, 6.07) is 14.6. The first-order valence-electron chi connectivity index (χ1n) is 10.1. The van der Waals surface area contributed by atoms with Gasteiger partial charge in [0.25, 0.3) is 5.91 Å². The molecule has 0 spiro atoms. The van der Waals surface area contributed by atoms with Crippen molar-refractivity contribution in [1.29, 1.82) is 0 Å². The number of hydrogen-bond donors (Lipinski definition) is 2. The monoisotopic (exact) mass is 373 g/mol. The first-order chi connectivity index (χ1) is 13.6. The summed E-state index contributed by atoms with van der Waals surface area (Å²) >= 11 is 0. The summed E-state index contributed by atoms with van der Waals surface area (Å²) in [6.07, 6.45) is 8.42. The average Bonchev–Trinajstić information content (AvgIpc) is 3.07. The van der Waals surface area contributed by atoms with Crippen LogP contribution < -0.4 is 5.32 Å². The molecule has 3 aromatic rings. The number of carbonyl (C=O) groups is 1. The van der Waals surface area contributed by atoms with Gasteiger partial charge in [0.15, 0.2) is 0 Å². The zero-order valence-electron chi connectivity index (χ0n) is 16.6. The third kappa shape index (κ3) is 4.01. The average molecular weight is 374 g/mol. The number of carbonyl (C=O) groups excluding carboxylic acids is 1. The highest BCUT2D eigenvalue weighted by Gasteiger charge is 2.15. The van der Waals surface area contributed by atoms with Crippen LogP contribution in [0.25, 0.3) is 11.3 Å². The number of anilines is 1. The lowest BCUT2D eigenvalue weighted by Gasteiger charge is -2.22. The summed E-state index contributed by atoms with van der Waals surface area (Å²) in [7, 11) is 0. The lowest BCUT2D eigenvalue weighted by Crippen LogP contribution is -2.12. The van der Waals surface area contributed by atoms with Crippen LogP contribution in [0, 0.1) is 13.8 Å². The van der Waals surface area contributed by atoms with E-state index in [0.29, 0.717) is 17.2 Å². The van der Waals surface area contributed by atoms with Crippen molar-refractivity contribution in [2.24, 2.45) is 0 Å². The number of rotatable bonds is 4. The number of aromatic amines is 1. The first-order valence-corrected chi connectivity index (χ1v) is 10.1. The number of aryl methyl sites for hydroxylation is 2. The fraction of sp³-hybridized carbons (Fsp3) is 0.333. The lowest BCUT2D eigenvalue weighted by molar-refractivity contribution is 0.102. The smallest absolute Gasteiger partial charge is 0.257 e. The third-order valence-corrected chi connectivity index (χ3v) is 5.70. The van der Waals surface area contributed by atoms with Crippen molar-refractivity contribution in [3.8, 4) is 11.3 Å². The second kappa shape index (κ2) is 8.01. The minimum atomic E-state index is -0.117. The molecule has 1 amide bonds. The molecule has 28 heavy (non-hydrogen) atoms. The van der Waals surface area contributed by atoms with Gasteiger partial charge in [0.2, 0.25) is 0 Å². The largest absolute Gasteiger partial charge is 0.362 e. The molecule has 0 unspecified atom stereocenters. The topological polar surface area (TPSA) is 57.8 Å². The quantitative estimate of drug-likeness (QED) is 0.590. The van der Waals surface area contributed by atoms with Gasteiger partial charge in [-0.2, -0.15) is 0 Å². The van der Waals surface area contributed by atoms with Crippen LogP contribution in [0.3, 0.4) is 0 Å². The molecule has 2 heterocycles. The molecule has 0 atom stereocenters. The van der Waals surface area contributed by atoms with E-state index in [1.807, 2.05) is 32.0 Å². The van der Waals surface area contributed by atoms with Crippen molar-refractivity contribution >= 4 is 11.6 Å². The van der Waals surface area contributed by atoms with E-state index in [2.05, 4.69) is 39.6 Å². The molecule has 0 aliphatic heterocycles. The van der Waals surface area contributed by atoms with E-state index in [9.17, 15) is 4.79 Å². The molecule has 1 fully saturated rings. The molecule has 1 saturated carbocycles. The number of H-pyrrole nitrogens is 1. The Kier molecular flexibility index (Phi) is 5.29. The van der Waals surface area contributed by atoms with Crippen LogP contribution >= 0.6 is 0 Å². The van der Waals surface area contributed by atoms with E-state index >= 15 is 0 Å². The number of benzene rings is 1. The predicted octanol–water partition coefficient (Wildman–Crippen LogP) is 5.99. The Morgan fingerprint density at radius 1 is 1.04 bits per heavy atom. The van der Waals surface area contributed by atoms with Crippen LogP contribution in [0.1, 0.15) is 65.3 Å².